The lowest BCUT2D eigenvalue weighted by molar-refractivity contribution is -0.122. The van der Waals surface area contributed by atoms with E-state index in [9.17, 15) is 9.59 Å². The van der Waals surface area contributed by atoms with Crippen LogP contribution in [0.4, 0.5) is 0 Å². The number of amides is 2. The SMILES string of the molecule is CC(=O)NCCC(=O)N[C@H]1CCCOc2c1ccc(Cl)c2Cl. The molecule has 0 unspecified atom stereocenters. The van der Waals surface area contributed by atoms with Gasteiger partial charge < -0.3 is 15.4 Å². The Labute approximate surface area is 139 Å². The fourth-order valence-electron chi connectivity index (χ4n) is 2.35. The molecular formula is C15H18Cl2N2O3. The molecule has 5 nitrogen and oxygen atoms in total. The maximum Gasteiger partial charge on any atom is 0.222 e. The minimum Gasteiger partial charge on any atom is -0.492 e. The van der Waals surface area contributed by atoms with E-state index in [0.717, 1.165) is 18.4 Å². The maximum atomic E-state index is 12.0. The Bertz CT molecular complexity index is 578. The summed E-state index contributed by atoms with van der Waals surface area (Å²) in [6, 6.07) is 3.36. The van der Waals surface area contributed by atoms with Crippen molar-refractivity contribution in [2.24, 2.45) is 0 Å². The topological polar surface area (TPSA) is 67.4 Å². The zero-order valence-corrected chi connectivity index (χ0v) is 13.8. The average Bonchev–Trinajstić information content (AvgIpc) is 2.65. The van der Waals surface area contributed by atoms with Gasteiger partial charge in [-0.2, -0.15) is 0 Å². The number of halogens is 2. The standard InChI is InChI=1S/C15H18Cl2N2O3/c1-9(20)18-7-6-13(21)19-12-3-2-8-22-15-10(12)4-5-11(16)14(15)17/h4-5,12H,2-3,6-8H2,1H3,(H,18,20)(H,19,21)/t12-/m0/s1. The van der Waals surface area contributed by atoms with Crippen molar-refractivity contribution in [2.75, 3.05) is 13.2 Å². The van der Waals surface area contributed by atoms with Crippen molar-refractivity contribution in [2.45, 2.75) is 32.2 Å². The van der Waals surface area contributed by atoms with Crippen LogP contribution in [-0.4, -0.2) is 25.0 Å². The molecule has 0 saturated carbocycles. The molecule has 0 radical (unpaired) electrons. The number of nitrogens with one attached hydrogen (secondary N) is 2. The molecule has 0 bridgehead atoms. The third-order valence-corrected chi connectivity index (χ3v) is 4.19. The van der Waals surface area contributed by atoms with E-state index >= 15 is 0 Å². The van der Waals surface area contributed by atoms with E-state index < -0.39 is 0 Å². The van der Waals surface area contributed by atoms with E-state index in [-0.39, 0.29) is 24.3 Å². The van der Waals surface area contributed by atoms with Gasteiger partial charge in [0.2, 0.25) is 11.8 Å². The molecule has 0 aromatic heterocycles. The van der Waals surface area contributed by atoms with Crippen molar-refractivity contribution in [3.63, 3.8) is 0 Å². The summed E-state index contributed by atoms with van der Waals surface area (Å²) in [5.74, 6) is 0.263. The summed E-state index contributed by atoms with van der Waals surface area (Å²) in [6.45, 7) is 2.27. The highest BCUT2D eigenvalue weighted by molar-refractivity contribution is 6.43. The molecule has 1 aliphatic rings. The second kappa shape index (κ2) is 7.70. The van der Waals surface area contributed by atoms with Crippen LogP contribution in [0.15, 0.2) is 12.1 Å². The van der Waals surface area contributed by atoms with Crippen molar-refractivity contribution in [1.29, 1.82) is 0 Å². The second-order valence-electron chi connectivity index (χ2n) is 5.12. The summed E-state index contributed by atoms with van der Waals surface area (Å²) in [5, 5.41) is 6.36. The minimum atomic E-state index is -0.169. The maximum absolute atomic E-state index is 12.0. The first-order valence-corrected chi connectivity index (χ1v) is 7.89. The summed E-state index contributed by atoms with van der Waals surface area (Å²) in [4.78, 5) is 22.8. The molecule has 0 spiro atoms. The molecule has 120 valence electrons. The van der Waals surface area contributed by atoms with Gasteiger partial charge in [-0.3, -0.25) is 9.59 Å². The first kappa shape index (κ1) is 16.9. The number of carbonyl (C=O) groups is 2. The Morgan fingerprint density at radius 1 is 1.36 bits per heavy atom. The summed E-state index contributed by atoms with van der Waals surface area (Å²) < 4.78 is 5.66. The van der Waals surface area contributed by atoms with Gasteiger partial charge in [-0.05, 0) is 18.9 Å². The highest BCUT2D eigenvalue weighted by Gasteiger charge is 2.24. The van der Waals surface area contributed by atoms with Crippen LogP contribution in [0.3, 0.4) is 0 Å². The van der Waals surface area contributed by atoms with Gasteiger partial charge in [0.05, 0.1) is 17.7 Å². The van der Waals surface area contributed by atoms with Crippen LogP contribution in [0, 0.1) is 0 Å². The molecule has 1 aromatic carbocycles. The summed E-state index contributed by atoms with van der Waals surface area (Å²) in [7, 11) is 0. The van der Waals surface area contributed by atoms with Crippen molar-refractivity contribution < 1.29 is 14.3 Å². The van der Waals surface area contributed by atoms with Gasteiger partial charge in [0.15, 0.2) is 0 Å². The second-order valence-corrected chi connectivity index (χ2v) is 5.91. The fraction of sp³-hybridized carbons (Fsp3) is 0.467. The van der Waals surface area contributed by atoms with E-state index in [4.69, 9.17) is 27.9 Å². The van der Waals surface area contributed by atoms with Gasteiger partial charge in [0.25, 0.3) is 0 Å². The predicted molar refractivity (Wildman–Crippen MR) is 85.4 cm³/mol. The highest BCUT2D eigenvalue weighted by atomic mass is 35.5. The van der Waals surface area contributed by atoms with Gasteiger partial charge >= 0.3 is 0 Å². The lowest BCUT2D eigenvalue weighted by Crippen LogP contribution is -2.32. The molecule has 0 fully saturated rings. The number of hydrogen-bond donors (Lipinski definition) is 2. The van der Waals surface area contributed by atoms with Gasteiger partial charge in [0.1, 0.15) is 10.8 Å². The van der Waals surface area contributed by atoms with Crippen LogP contribution in [0.2, 0.25) is 10.0 Å². The van der Waals surface area contributed by atoms with Crippen LogP contribution in [0.1, 0.15) is 37.8 Å². The van der Waals surface area contributed by atoms with E-state index in [0.29, 0.717) is 28.9 Å². The van der Waals surface area contributed by atoms with Crippen LogP contribution in [0.5, 0.6) is 5.75 Å². The molecule has 1 heterocycles. The Morgan fingerprint density at radius 2 is 2.14 bits per heavy atom. The normalized spacial score (nSPS) is 17.0. The fourth-order valence-corrected chi connectivity index (χ4v) is 2.73. The summed E-state index contributed by atoms with van der Waals surface area (Å²) in [5.41, 5.74) is 0.833. The van der Waals surface area contributed by atoms with Crippen LogP contribution >= 0.6 is 23.2 Å². The average molecular weight is 345 g/mol. The molecule has 2 amide bonds. The van der Waals surface area contributed by atoms with Crippen molar-refractivity contribution in [1.82, 2.24) is 10.6 Å². The van der Waals surface area contributed by atoms with Gasteiger partial charge in [-0.15, -0.1) is 0 Å². The minimum absolute atomic E-state index is 0.127. The van der Waals surface area contributed by atoms with E-state index in [1.54, 1.807) is 6.07 Å². The number of ether oxygens (including phenoxy) is 1. The molecule has 2 rings (SSSR count). The Kier molecular flexibility index (Phi) is 5.91. The summed E-state index contributed by atoms with van der Waals surface area (Å²) >= 11 is 12.2. The molecule has 22 heavy (non-hydrogen) atoms. The van der Waals surface area contributed by atoms with Crippen LogP contribution in [0.25, 0.3) is 0 Å². The molecule has 0 saturated heterocycles. The lowest BCUT2D eigenvalue weighted by atomic mass is 10.0. The zero-order valence-electron chi connectivity index (χ0n) is 12.2. The number of benzene rings is 1. The van der Waals surface area contributed by atoms with Crippen molar-refractivity contribution in [3.05, 3.63) is 27.7 Å². The van der Waals surface area contributed by atoms with E-state index in [1.165, 1.54) is 6.92 Å². The van der Waals surface area contributed by atoms with Crippen molar-refractivity contribution >= 4 is 35.0 Å². The molecule has 2 N–H and O–H groups in total. The van der Waals surface area contributed by atoms with Crippen LogP contribution < -0.4 is 15.4 Å². The first-order valence-electron chi connectivity index (χ1n) is 7.13. The molecule has 1 aliphatic heterocycles. The zero-order chi connectivity index (χ0) is 16.1. The predicted octanol–water partition coefficient (Wildman–Crippen LogP) is 2.85. The third kappa shape index (κ3) is 4.27. The third-order valence-electron chi connectivity index (χ3n) is 3.40. The number of hydrogen-bond acceptors (Lipinski definition) is 3. The van der Waals surface area contributed by atoms with Gasteiger partial charge in [-0.25, -0.2) is 0 Å². The molecule has 0 aliphatic carbocycles. The lowest BCUT2D eigenvalue weighted by Gasteiger charge is -2.19. The van der Waals surface area contributed by atoms with E-state index in [2.05, 4.69) is 10.6 Å². The molecular weight excluding hydrogens is 327 g/mol. The molecule has 1 aromatic rings. The number of carbonyl (C=O) groups excluding carboxylic acids is 2. The Hall–Kier alpha value is -1.46. The van der Waals surface area contributed by atoms with Crippen molar-refractivity contribution in [3.8, 4) is 5.75 Å². The Morgan fingerprint density at radius 3 is 2.86 bits per heavy atom. The first-order chi connectivity index (χ1) is 10.5. The van der Waals surface area contributed by atoms with E-state index in [1.807, 2.05) is 6.07 Å². The number of fused-ring (bicyclic) bond motifs is 1. The van der Waals surface area contributed by atoms with Crippen LogP contribution in [-0.2, 0) is 9.59 Å². The quantitative estimate of drug-likeness (QED) is 0.882. The molecule has 7 heteroatoms. The van der Waals surface area contributed by atoms with Gasteiger partial charge in [0, 0.05) is 25.5 Å². The highest BCUT2D eigenvalue weighted by Crippen LogP contribution is 2.40. The number of rotatable bonds is 4. The summed E-state index contributed by atoms with van der Waals surface area (Å²) in [6.07, 6.45) is 1.80. The smallest absolute Gasteiger partial charge is 0.222 e. The van der Waals surface area contributed by atoms with Gasteiger partial charge in [-0.1, -0.05) is 29.3 Å². The largest absolute Gasteiger partial charge is 0.492 e. The monoisotopic (exact) mass is 344 g/mol. The molecule has 1 atom stereocenters. The Balaban J connectivity index is 2.07.